The number of aromatic nitrogens is 1. The number of nitrogens with one attached hydrogen (secondary N) is 1. The summed E-state index contributed by atoms with van der Waals surface area (Å²) in [6.45, 7) is 4.38. The standard InChI is InChI=1S/C27H24Br2N2O3/c1-4-16(2)18-7-11-24-23(14-18)31-27(34-24)17-5-9-21(10-6-17)30-25(32)12-8-19-13-20(28)15-22(29)26(19)33-3/h5-16H,4H2,1-3H3,(H,30,32). The van der Waals surface area contributed by atoms with E-state index in [-0.39, 0.29) is 5.91 Å². The summed E-state index contributed by atoms with van der Waals surface area (Å²) in [5.74, 6) is 1.45. The van der Waals surface area contributed by atoms with E-state index in [1.807, 2.05) is 42.5 Å². The van der Waals surface area contributed by atoms with Crippen molar-refractivity contribution in [3.63, 3.8) is 0 Å². The SMILES string of the molecule is CCC(C)c1ccc2oc(-c3ccc(NC(=O)C=Cc4cc(Br)cc(Br)c4OC)cc3)nc2c1. The zero-order valence-electron chi connectivity index (χ0n) is 19.1. The monoisotopic (exact) mass is 582 g/mol. The van der Waals surface area contributed by atoms with E-state index in [2.05, 4.69) is 68.1 Å². The number of anilines is 1. The van der Waals surface area contributed by atoms with Crippen molar-refractivity contribution in [1.29, 1.82) is 0 Å². The lowest BCUT2D eigenvalue weighted by Gasteiger charge is -2.08. The Balaban J connectivity index is 1.47. The summed E-state index contributed by atoms with van der Waals surface area (Å²) in [7, 11) is 1.59. The third-order valence-electron chi connectivity index (χ3n) is 5.65. The molecule has 174 valence electrons. The minimum atomic E-state index is -0.245. The van der Waals surface area contributed by atoms with Crippen LogP contribution in [0.4, 0.5) is 5.69 Å². The molecule has 0 aliphatic carbocycles. The van der Waals surface area contributed by atoms with Gasteiger partial charge in [0.1, 0.15) is 11.3 Å². The molecule has 1 amide bonds. The van der Waals surface area contributed by atoms with Crippen LogP contribution in [-0.2, 0) is 4.79 Å². The van der Waals surface area contributed by atoms with Gasteiger partial charge in [-0.25, -0.2) is 4.98 Å². The Kier molecular flexibility index (Phi) is 7.54. The number of amides is 1. The minimum Gasteiger partial charge on any atom is -0.495 e. The fraction of sp³-hybridized carbons (Fsp3) is 0.185. The van der Waals surface area contributed by atoms with E-state index in [0.29, 0.717) is 23.2 Å². The first-order valence-corrected chi connectivity index (χ1v) is 12.5. The van der Waals surface area contributed by atoms with E-state index >= 15 is 0 Å². The third-order valence-corrected chi connectivity index (χ3v) is 6.69. The Hall–Kier alpha value is -2.90. The summed E-state index contributed by atoms with van der Waals surface area (Å²) >= 11 is 6.92. The van der Waals surface area contributed by atoms with Gasteiger partial charge in [0, 0.05) is 27.4 Å². The summed E-state index contributed by atoms with van der Waals surface area (Å²) < 4.78 is 13.0. The number of hydrogen-bond donors (Lipinski definition) is 1. The van der Waals surface area contributed by atoms with Crippen LogP contribution in [0.1, 0.15) is 37.3 Å². The molecule has 1 heterocycles. The Morgan fingerprint density at radius 2 is 1.91 bits per heavy atom. The van der Waals surface area contributed by atoms with E-state index in [1.165, 1.54) is 11.6 Å². The molecule has 5 nitrogen and oxygen atoms in total. The van der Waals surface area contributed by atoms with Crippen LogP contribution in [0, 0.1) is 0 Å². The molecule has 4 aromatic rings. The fourth-order valence-electron chi connectivity index (χ4n) is 3.58. The largest absolute Gasteiger partial charge is 0.495 e. The Bertz CT molecular complexity index is 1360. The van der Waals surface area contributed by atoms with Crippen molar-refractivity contribution in [2.24, 2.45) is 0 Å². The number of hydrogen-bond acceptors (Lipinski definition) is 4. The zero-order chi connectivity index (χ0) is 24.2. The quantitative estimate of drug-likeness (QED) is 0.223. The van der Waals surface area contributed by atoms with Crippen LogP contribution >= 0.6 is 31.9 Å². The van der Waals surface area contributed by atoms with Crippen molar-refractivity contribution >= 4 is 60.6 Å². The van der Waals surface area contributed by atoms with Gasteiger partial charge in [-0.1, -0.05) is 35.8 Å². The predicted molar refractivity (Wildman–Crippen MR) is 144 cm³/mol. The second-order valence-corrected chi connectivity index (χ2v) is 9.74. The lowest BCUT2D eigenvalue weighted by Crippen LogP contribution is -2.07. The Morgan fingerprint density at radius 1 is 1.15 bits per heavy atom. The Labute approximate surface area is 215 Å². The molecule has 0 spiro atoms. The van der Waals surface area contributed by atoms with Gasteiger partial charge in [-0.15, -0.1) is 0 Å². The van der Waals surface area contributed by atoms with Crippen LogP contribution in [0.25, 0.3) is 28.6 Å². The molecule has 1 unspecified atom stereocenters. The van der Waals surface area contributed by atoms with Gasteiger partial charge in [-0.05, 0) is 88.4 Å². The second-order valence-electron chi connectivity index (χ2n) is 7.97. The predicted octanol–water partition coefficient (Wildman–Crippen LogP) is 8.19. The highest BCUT2D eigenvalue weighted by molar-refractivity contribution is 9.11. The fourth-order valence-corrected chi connectivity index (χ4v) is 5.00. The number of ether oxygens (including phenoxy) is 1. The maximum absolute atomic E-state index is 12.4. The van der Waals surface area contributed by atoms with Gasteiger partial charge in [0.15, 0.2) is 5.58 Å². The maximum Gasteiger partial charge on any atom is 0.248 e. The van der Waals surface area contributed by atoms with E-state index in [9.17, 15) is 4.79 Å². The maximum atomic E-state index is 12.4. The molecule has 34 heavy (non-hydrogen) atoms. The molecular formula is C27H24Br2N2O3. The van der Waals surface area contributed by atoms with Gasteiger partial charge in [0.25, 0.3) is 0 Å². The van der Waals surface area contributed by atoms with E-state index < -0.39 is 0 Å². The van der Waals surface area contributed by atoms with E-state index in [0.717, 1.165) is 37.6 Å². The summed E-state index contributed by atoms with van der Waals surface area (Å²) in [5.41, 5.74) is 5.18. The molecule has 0 saturated heterocycles. The smallest absolute Gasteiger partial charge is 0.248 e. The first-order valence-electron chi connectivity index (χ1n) is 10.9. The first kappa shape index (κ1) is 24.2. The van der Waals surface area contributed by atoms with Crippen molar-refractivity contribution in [2.45, 2.75) is 26.2 Å². The van der Waals surface area contributed by atoms with Gasteiger partial charge < -0.3 is 14.5 Å². The number of oxazole rings is 1. The number of rotatable bonds is 7. The molecule has 0 bridgehead atoms. The number of nitrogens with zero attached hydrogens (tertiary/aromatic N) is 1. The molecule has 1 N–H and O–H groups in total. The van der Waals surface area contributed by atoms with Crippen LogP contribution in [0.3, 0.4) is 0 Å². The van der Waals surface area contributed by atoms with E-state index in [1.54, 1.807) is 13.2 Å². The average molecular weight is 584 g/mol. The molecular weight excluding hydrogens is 560 g/mol. The first-order chi connectivity index (χ1) is 16.4. The topological polar surface area (TPSA) is 64.4 Å². The number of benzene rings is 3. The third kappa shape index (κ3) is 5.42. The van der Waals surface area contributed by atoms with Gasteiger partial charge in [-0.3, -0.25) is 4.79 Å². The summed E-state index contributed by atoms with van der Waals surface area (Å²) in [6, 6.07) is 17.4. The average Bonchev–Trinajstić information content (AvgIpc) is 3.26. The molecule has 3 aromatic carbocycles. The highest BCUT2D eigenvalue weighted by Gasteiger charge is 2.12. The Morgan fingerprint density at radius 3 is 2.62 bits per heavy atom. The summed E-state index contributed by atoms with van der Waals surface area (Å²) in [6.07, 6.45) is 4.26. The van der Waals surface area contributed by atoms with Crippen molar-refractivity contribution in [1.82, 2.24) is 4.98 Å². The van der Waals surface area contributed by atoms with Crippen LogP contribution < -0.4 is 10.1 Å². The van der Waals surface area contributed by atoms with Gasteiger partial charge >= 0.3 is 0 Å². The minimum absolute atomic E-state index is 0.245. The van der Waals surface area contributed by atoms with Crippen molar-refractivity contribution < 1.29 is 13.9 Å². The molecule has 0 radical (unpaired) electrons. The molecule has 0 saturated carbocycles. The lowest BCUT2D eigenvalue weighted by atomic mass is 9.98. The molecule has 0 aliphatic heterocycles. The molecule has 1 atom stereocenters. The summed E-state index contributed by atoms with van der Waals surface area (Å²) in [5, 5.41) is 2.87. The molecule has 4 rings (SSSR count). The number of fused-ring (bicyclic) bond motifs is 1. The highest BCUT2D eigenvalue weighted by Crippen LogP contribution is 2.33. The second kappa shape index (κ2) is 10.6. The molecule has 1 aromatic heterocycles. The van der Waals surface area contributed by atoms with E-state index in [4.69, 9.17) is 9.15 Å². The van der Waals surface area contributed by atoms with Crippen LogP contribution in [-0.4, -0.2) is 18.0 Å². The number of halogens is 2. The van der Waals surface area contributed by atoms with Gasteiger partial charge in [0.05, 0.1) is 11.6 Å². The van der Waals surface area contributed by atoms with Gasteiger partial charge in [-0.2, -0.15) is 0 Å². The van der Waals surface area contributed by atoms with Crippen molar-refractivity contribution in [2.75, 3.05) is 12.4 Å². The molecule has 7 heteroatoms. The van der Waals surface area contributed by atoms with Crippen molar-refractivity contribution in [3.8, 4) is 17.2 Å². The molecule has 0 fully saturated rings. The highest BCUT2D eigenvalue weighted by atomic mass is 79.9. The van der Waals surface area contributed by atoms with Gasteiger partial charge in [0.2, 0.25) is 11.8 Å². The van der Waals surface area contributed by atoms with Crippen LogP contribution in [0.2, 0.25) is 0 Å². The van der Waals surface area contributed by atoms with Crippen LogP contribution in [0.15, 0.2) is 74.0 Å². The summed E-state index contributed by atoms with van der Waals surface area (Å²) in [4.78, 5) is 17.1. The lowest BCUT2D eigenvalue weighted by molar-refractivity contribution is -0.111. The molecule has 0 aliphatic rings. The number of methoxy groups -OCH3 is 1. The number of carbonyl (C=O) groups excluding carboxylic acids is 1. The van der Waals surface area contributed by atoms with Crippen molar-refractivity contribution in [3.05, 3.63) is 80.7 Å². The van der Waals surface area contributed by atoms with Crippen LogP contribution in [0.5, 0.6) is 5.75 Å². The normalized spacial score (nSPS) is 12.3. The number of carbonyl (C=O) groups is 1. The zero-order valence-corrected chi connectivity index (χ0v) is 22.2.